The van der Waals surface area contributed by atoms with Gasteiger partial charge in [0.15, 0.2) is 0 Å². The highest BCUT2D eigenvalue weighted by Gasteiger charge is 2.02. The highest BCUT2D eigenvalue weighted by Crippen LogP contribution is 2.24. The summed E-state index contributed by atoms with van der Waals surface area (Å²) in [6.07, 6.45) is 2.07. The summed E-state index contributed by atoms with van der Waals surface area (Å²) in [6, 6.07) is 8.19. The fraction of sp³-hybridized carbons (Fsp3) is 0.200. The van der Waals surface area contributed by atoms with Gasteiger partial charge in [0.25, 0.3) is 0 Å². The predicted octanol–water partition coefficient (Wildman–Crippen LogP) is 4.06. The van der Waals surface area contributed by atoms with Crippen molar-refractivity contribution in [3.8, 4) is 0 Å². The van der Waals surface area contributed by atoms with Crippen molar-refractivity contribution in [1.82, 2.24) is 0 Å². The van der Waals surface area contributed by atoms with Gasteiger partial charge in [-0.3, -0.25) is 0 Å². The zero-order chi connectivity index (χ0) is 9.26. The Kier molecular flexibility index (Phi) is 2.65. The molecule has 13 heavy (non-hydrogen) atoms. The molecule has 0 aliphatic heterocycles. The van der Waals surface area contributed by atoms with E-state index < -0.39 is 0 Å². The van der Waals surface area contributed by atoms with E-state index in [-0.39, 0.29) is 0 Å². The van der Waals surface area contributed by atoms with E-state index in [2.05, 4.69) is 34.3 Å². The number of fused-ring (bicyclic) bond motifs is 1. The van der Waals surface area contributed by atoms with Gasteiger partial charge in [-0.1, -0.05) is 15.9 Å². The van der Waals surface area contributed by atoms with Crippen LogP contribution in [0.2, 0.25) is 0 Å². The molecule has 0 spiro atoms. The van der Waals surface area contributed by atoms with Crippen LogP contribution in [0.4, 0.5) is 0 Å². The molecule has 1 nitrogen and oxygen atoms in total. The van der Waals surface area contributed by atoms with E-state index in [1.165, 1.54) is 5.39 Å². The summed E-state index contributed by atoms with van der Waals surface area (Å²) in [5.74, 6) is 1.98. The number of hydrogen-bond acceptors (Lipinski definition) is 2. The van der Waals surface area contributed by atoms with Gasteiger partial charge >= 0.3 is 0 Å². The Balaban J connectivity index is 2.49. The van der Waals surface area contributed by atoms with E-state index in [1.807, 2.05) is 12.1 Å². The van der Waals surface area contributed by atoms with Crippen molar-refractivity contribution >= 4 is 38.7 Å². The molecular formula is C10H9BrOS. The molecule has 1 heterocycles. The van der Waals surface area contributed by atoms with Crippen LogP contribution in [0, 0.1) is 0 Å². The molecule has 1 aromatic carbocycles. The van der Waals surface area contributed by atoms with Gasteiger partial charge in [-0.2, -0.15) is 11.8 Å². The fourth-order valence-corrected chi connectivity index (χ4v) is 2.04. The number of furan rings is 1. The minimum Gasteiger partial charge on any atom is -0.460 e. The second kappa shape index (κ2) is 3.76. The van der Waals surface area contributed by atoms with Crippen molar-refractivity contribution in [3.63, 3.8) is 0 Å². The molecule has 0 bridgehead atoms. The molecule has 0 aliphatic carbocycles. The van der Waals surface area contributed by atoms with Gasteiger partial charge in [0, 0.05) is 9.86 Å². The number of rotatable bonds is 2. The Morgan fingerprint density at radius 1 is 1.38 bits per heavy atom. The first-order valence-corrected chi connectivity index (χ1v) is 6.15. The maximum Gasteiger partial charge on any atom is 0.135 e. The van der Waals surface area contributed by atoms with Crippen LogP contribution in [0.25, 0.3) is 11.0 Å². The second-order valence-electron chi connectivity index (χ2n) is 2.83. The molecule has 0 saturated heterocycles. The van der Waals surface area contributed by atoms with Crippen molar-refractivity contribution in [2.45, 2.75) is 5.75 Å². The van der Waals surface area contributed by atoms with Gasteiger partial charge in [0.05, 0.1) is 5.75 Å². The van der Waals surface area contributed by atoms with Crippen molar-refractivity contribution in [3.05, 3.63) is 34.5 Å². The normalized spacial score (nSPS) is 10.9. The number of thioether (sulfide) groups is 1. The van der Waals surface area contributed by atoms with Gasteiger partial charge in [0.1, 0.15) is 11.3 Å². The summed E-state index contributed by atoms with van der Waals surface area (Å²) in [5, 5.41) is 1.17. The molecule has 1 aromatic heterocycles. The zero-order valence-electron chi connectivity index (χ0n) is 7.21. The lowest BCUT2D eigenvalue weighted by molar-refractivity contribution is 0.574. The van der Waals surface area contributed by atoms with E-state index in [0.29, 0.717) is 0 Å². The highest BCUT2D eigenvalue weighted by atomic mass is 79.9. The van der Waals surface area contributed by atoms with Crippen LogP contribution >= 0.6 is 27.7 Å². The van der Waals surface area contributed by atoms with Gasteiger partial charge in [-0.15, -0.1) is 0 Å². The summed E-state index contributed by atoms with van der Waals surface area (Å²) >= 11 is 5.18. The monoisotopic (exact) mass is 256 g/mol. The Morgan fingerprint density at radius 2 is 2.23 bits per heavy atom. The van der Waals surface area contributed by atoms with Crippen molar-refractivity contribution < 1.29 is 4.42 Å². The average molecular weight is 257 g/mol. The fourth-order valence-electron chi connectivity index (χ4n) is 1.27. The van der Waals surface area contributed by atoms with Crippen molar-refractivity contribution in [2.75, 3.05) is 6.26 Å². The first kappa shape index (κ1) is 9.16. The Labute approximate surface area is 89.6 Å². The van der Waals surface area contributed by atoms with E-state index in [0.717, 1.165) is 21.6 Å². The molecule has 0 unspecified atom stereocenters. The topological polar surface area (TPSA) is 13.1 Å². The second-order valence-corrected chi connectivity index (χ2v) is 4.61. The van der Waals surface area contributed by atoms with E-state index in [9.17, 15) is 0 Å². The number of halogens is 1. The zero-order valence-corrected chi connectivity index (χ0v) is 9.61. The molecule has 0 radical (unpaired) electrons. The van der Waals surface area contributed by atoms with Gasteiger partial charge in [0.2, 0.25) is 0 Å². The lowest BCUT2D eigenvalue weighted by Gasteiger charge is -1.89. The van der Waals surface area contributed by atoms with Crippen LogP contribution in [-0.4, -0.2) is 6.26 Å². The van der Waals surface area contributed by atoms with Crippen LogP contribution in [-0.2, 0) is 5.75 Å². The van der Waals surface area contributed by atoms with Crippen LogP contribution in [0.5, 0.6) is 0 Å². The van der Waals surface area contributed by atoms with Gasteiger partial charge in [-0.05, 0) is 30.5 Å². The molecule has 3 heteroatoms. The maximum atomic E-state index is 5.64. The summed E-state index contributed by atoms with van der Waals surface area (Å²) in [4.78, 5) is 0. The van der Waals surface area contributed by atoms with Crippen LogP contribution in [0.1, 0.15) is 5.76 Å². The standard InChI is InChI=1S/C10H9BrOS/c1-13-6-9-4-7-2-3-8(11)5-10(7)12-9/h2-5H,6H2,1H3. The van der Waals surface area contributed by atoms with Crippen LogP contribution < -0.4 is 0 Å². The Bertz CT molecular complexity index is 422. The average Bonchev–Trinajstić information content (AvgIpc) is 2.46. The molecule has 0 atom stereocenters. The van der Waals surface area contributed by atoms with E-state index in [1.54, 1.807) is 11.8 Å². The summed E-state index contributed by atoms with van der Waals surface area (Å²) in [5.41, 5.74) is 0.957. The lowest BCUT2D eigenvalue weighted by atomic mass is 10.2. The predicted molar refractivity (Wildman–Crippen MR) is 61.1 cm³/mol. The number of hydrogen-bond donors (Lipinski definition) is 0. The third-order valence-corrected chi connectivity index (χ3v) is 2.89. The third-order valence-electron chi connectivity index (χ3n) is 1.82. The van der Waals surface area contributed by atoms with Crippen molar-refractivity contribution in [2.24, 2.45) is 0 Å². The smallest absolute Gasteiger partial charge is 0.135 e. The van der Waals surface area contributed by atoms with Crippen molar-refractivity contribution in [1.29, 1.82) is 0 Å². The van der Waals surface area contributed by atoms with Gasteiger partial charge < -0.3 is 4.42 Å². The molecule has 68 valence electrons. The summed E-state index contributed by atoms with van der Waals surface area (Å²) in [7, 11) is 0. The minimum absolute atomic E-state index is 0.937. The molecule has 0 N–H and O–H groups in total. The molecule has 2 aromatic rings. The molecule has 2 rings (SSSR count). The maximum absolute atomic E-state index is 5.64. The van der Waals surface area contributed by atoms with Gasteiger partial charge in [-0.25, -0.2) is 0 Å². The molecule has 0 aliphatic rings. The minimum atomic E-state index is 0.937. The SMILES string of the molecule is CSCc1cc2ccc(Br)cc2o1. The molecular weight excluding hydrogens is 248 g/mol. The summed E-state index contributed by atoms with van der Waals surface area (Å²) < 4.78 is 6.70. The van der Waals surface area contributed by atoms with Crippen LogP contribution in [0.3, 0.4) is 0 Å². The van der Waals surface area contributed by atoms with Crippen LogP contribution in [0.15, 0.2) is 33.2 Å². The third kappa shape index (κ3) is 1.92. The van der Waals surface area contributed by atoms with E-state index in [4.69, 9.17) is 4.42 Å². The summed E-state index contributed by atoms with van der Waals surface area (Å²) in [6.45, 7) is 0. The highest BCUT2D eigenvalue weighted by molar-refractivity contribution is 9.10. The van der Waals surface area contributed by atoms with E-state index >= 15 is 0 Å². The quantitative estimate of drug-likeness (QED) is 0.804. The Hall–Kier alpha value is -0.410. The molecule has 0 fully saturated rings. The molecule has 0 saturated carbocycles. The largest absolute Gasteiger partial charge is 0.460 e. The Morgan fingerprint density at radius 3 is 3.00 bits per heavy atom. The number of benzene rings is 1. The lowest BCUT2D eigenvalue weighted by Crippen LogP contribution is -1.69. The first-order chi connectivity index (χ1) is 6.29. The first-order valence-electron chi connectivity index (χ1n) is 3.96. The molecule has 0 amide bonds.